The van der Waals surface area contributed by atoms with Crippen molar-refractivity contribution in [3.05, 3.63) is 97.0 Å². The fourth-order valence-electron chi connectivity index (χ4n) is 2.82. The molecular weight excluding hydrogens is 538 g/mol. The molecule has 9 heteroatoms. The number of nitrogens with zero attached hydrogens (tertiary/aromatic N) is 1. The second kappa shape index (κ2) is 10.1. The van der Waals surface area contributed by atoms with E-state index in [0.29, 0.717) is 37.1 Å². The smallest absolute Gasteiger partial charge is 0.264 e. The summed E-state index contributed by atoms with van der Waals surface area (Å²) in [6.07, 6.45) is 1.73. The van der Waals surface area contributed by atoms with Crippen molar-refractivity contribution in [1.82, 2.24) is 5.32 Å². The molecule has 0 radical (unpaired) electrons. The lowest BCUT2D eigenvalue weighted by Crippen LogP contribution is -2.19. The van der Waals surface area contributed by atoms with Crippen molar-refractivity contribution in [2.75, 3.05) is 0 Å². The SMILES string of the molecule is O=C1NC(=Nc2cccc(Cl)c2Cl)S/C1=C/c1cc(Br)ccc1OCc1ccc(F)cc1. The van der Waals surface area contributed by atoms with E-state index in [9.17, 15) is 9.18 Å². The van der Waals surface area contributed by atoms with Crippen molar-refractivity contribution in [3.63, 3.8) is 0 Å². The number of thioether (sulfide) groups is 1. The van der Waals surface area contributed by atoms with Crippen molar-refractivity contribution >= 4 is 73.7 Å². The Labute approximate surface area is 206 Å². The maximum atomic E-state index is 13.1. The van der Waals surface area contributed by atoms with Gasteiger partial charge in [-0.3, -0.25) is 4.79 Å². The van der Waals surface area contributed by atoms with Crippen LogP contribution in [0.4, 0.5) is 10.1 Å². The topological polar surface area (TPSA) is 50.7 Å². The average molecular weight is 552 g/mol. The minimum absolute atomic E-state index is 0.261. The van der Waals surface area contributed by atoms with Crippen LogP contribution in [0.1, 0.15) is 11.1 Å². The summed E-state index contributed by atoms with van der Waals surface area (Å²) in [5.74, 6) is 0.00155. The predicted octanol–water partition coefficient (Wildman–Crippen LogP) is 7.37. The van der Waals surface area contributed by atoms with Crippen LogP contribution in [-0.4, -0.2) is 11.1 Å². The van der Waals surface area contributed by atoms with Crippen LogP contribution in [0.25, 0.3) is 6.08 Å². The molecule has 0 spiro atoms. The summed E-state index contributed by atoms with van der Waals surface area (Å²) >= 11 is 16.9. The van der Waals surface area contributed by atoms with Crippen LogP contribution in [0.5, 0.6) is 5.75 Å². The van der Waals surface area contributed by atoms with Gasteiger partial charge in [-0.15, -0.1) is 0 Å². The van der Waals surface area contributed by atoms with Crippen LogP contribution >= 0.6 is 50.9 Å². The number of nitrogens with one attached hydrogen (secondary N) is 1. The minimum Gasteiger partial charge on any atom is -0.488 e. The average Bonchev–Trinajstić information content (AvgIpc) is 3.11. The third-order valence-electron chi connectivity index (χ3n) is 4.37. The van der Waals surface area contributed by atoms with Gasteiger partial charge in [0, 0.05) is 10.0 Å². The first-order valence-electron chi connectivity index (χ1n) is 9.29. The van der Waals surface area contributed by atoms with E-state index in [0.717, 1.165) is 10.0 Å². The summed E-state index contributed by atoms with van der Waals surface area (Å²) in [6, 6.07) is 16.7. The molecule has 32 heavy (non-hydrogen) atoms. The second-order valence-corrected chi connectivity index (χ2v) is 9.38. The second-order valence-electron chi connectivity index (χ2n) is 6.65. The predicted molar refractivity (Wildman–Crippen MR) is 132 cm³/mol. The lowest BCUT2D eigenvalue weighted by atomic mass is 10.2. The summed E-state index contributed by atoms with van der Waals surface area (Å²) in [5.41, 5.74) is 2.00. The molecule has 0 saturated carbocycles. The Morgan fingerprint density at radius 2 is 1.91 bits per heavy atom. The molecule has 0 bridgehead atoms. The van der Waals surface area contributed by atoms with Crippen molar-refractivity contribution in [3.8, 4) is 5.75 Å². The zero-order chi connectivity index (χ0) is 22.7. The van der Waals surface area contributed by atoms with E-state index in [2.05, 4.69) is 26.2 Å². The van der Waals surface area contributed by atoms with Gasteiger partial charge in [-0.2, -0.15) is 0 Å². The first-order chi connectivity index (χ1) is 15.4. The molecule has 162 valence electrons. The number of carbonyl (C=O) groups is 1. The molecule has 1 amide bonds. The van der Waals surface area contributed by atoms with Crippen molar-refractivity contribution in [1.29, 1.82) is 0 Å². The Bertz CT molecular complexity index is 1250. The monoisotopic (exact) mass is 550 g/mol. The Morgan fingerprint density at radius 1 is 1.12 bits per heavy atom. The quantitative estimate of drug-likeness (QED) is 0.337. The highest BCUT2D eigenvalue weighted by molar-refractivity contribution is 9.10. The lowest BCUT2D eigenvalue weighted by Gasteiger charge is -2.10. The Hall–Kier alpha value is -2.32. The van der Waals surface area contributed by atoms with Crippen LogP contribution in [-0.2, 0) is 11.4 Å². The van der Waals surface area contributed by atoms with E-state index in [1.807, 2.05) is 12.1 Å². The molecule has 1 saturated heterocycles. The summed E-state index contributed by atoms with van der Waals surface area (Å²) in [7, 11) is 0. The van der Waals surface area contributed by atoms with Crippen molar-refractivity contribution in [2.24, 2.45) is 4.99 Å². The van der Waals surface area contributed by atoms with Crippen LogP contribution in [0.3, 0.4) is 0 Å². The van der Waals surface area contributed by atoms with Gasteiger partial charge in [-0.05, 0) is 65.9 Å². The largest absolute Gasteiger partial charge is 0.488 e. The first-order valence-corrected chi connectivity index (χ1v) is 11.7. The number of hydrogen-bond acceptors (Lipinski definition) is 4. The van der Waals surface area contributed by atoms with E-state index in [1.54, 1.807) is 42.5 Å². The summed E-state index contributed by atoms with van der Waals surface area (Å²) in [6.45, 7) is 0.261. The van der Waals surface area contributed by atoms with Crippen molar-refractivity contribution < 1.29 is 13.9 Å². The number of aliphatic imine (C=N–C) groups is 1. The number of amidine groups is 1. The number of rotatable bonds is 5. The van der Waals surface area contributed by atoms with E-state index >= 15 is 0 Å². The standard InChI is InChI=1S/C23H14BrCl2FN2O2S/c24-15-6-9-19(31-12-13-4-7-16(27)8-5-13)14(10-15)11-20-22(30)29-23(32-20)28-18-3-1-2-17(25)21(18)26/h1-11H,12H2,(H,28,29,30)/b20-11+. The highest BCUT2D eigenvalue weighted by Gasteiger charge is 2.25. The zero-order valence-electron chi connectivity index (χ0n) is 16.2. The maximum Gasteiger partial charge on any atom is 0.264 e. The number of benzene rings is 3. The number of amides is 1. The van der Waals surface area contributed by atoms with Crippen LogP contribution in [0, 0.1) is 5.82 Å². The first kappa shape index (κ1) is 22.9. The van der Waals surface area contributed by atoms with Gasteiger partial charge in [0.05, 0.1) is 20.6 Å². The van der Waals surface area contributed by atoms with Crippen LogP contribution in [0.15, 0.2) is 75.0 Å². The Kier molecular flexibility index (Phi) is 7.20. The van der Waals surface area contributed by atoms with Gasteiger partial charge in [0.25, 0.3) is 5.91 Å². The lowest BCUT2D eigenvalue weighted by molar-refractivity contribution is -0.115. The fourth-order valence-corrected chi connectivity index (χ4v) is 4.36. The molecule has 1 aliphatic heterocycles. The molecule has 0 aliphatic carbocycles. The van der Waals surface area contributed by atoms with Gasteiger partial charge in [0.1, 0.15) is 18.2 Å². The van der Waals surface area contributed by atoms with Gasteiger partial charge in [-0.1, -0.05) is 57.3 Å². The third-order valence-corrected chi connectivity index (χ3v) is 6.58. The molecule has 0 unspecified atom stereocenters. The third kappa shape index (κ3) is 5.53. The summed E-state index contributed by atoms with van der Waals surface area (Å²) in [5, 5.41) is 3.83. The van der Waals surface area contributed by atoms with Gasteiger partial charge < -0.3 is 10.1 Å². The molecule has 3 aromatic carbocycles. The highest BCUT2D eigenvalue weighted by Crippen LogP contribution is 2.35. The summed E-state index contributed by atoms with van der Waals surface area (Å²) < 4.78 is 19.9. The van der Waals surface area contributed by atoms with Crippen LogP contribution < -0.4 is 10.1 Å². The molecule has 3 aromatic rings. The molecule has 1 N–H and O–H groups in total. The minimum atomic E-state index is -0.302. The number of halogens is 4. The number of carbonyl (C=O) groups excluding carboxylic acids is 1. The molecule has 1 fully saturated rings. The van der Waals surface area contributed by atoms with Crippen LogP contribution in [0.2, 0.25) is 10.0 Å². The molecule has 4 rings (SSSR count). The van der Waals surface area contributed by atoms with E-state index in [4.69, 9.17) is 27.9 Å². The number of hydrogen-bond donors (Lipinski definition) is 1. The fraction of sp³-hybridized carbons (Fsp3) is 0.0435. The zero-order valence-corrected chi connectivity index (χ0v) is 20.2. The molecule has 1 heterocycles. The van der Waals surface area contributed by atoms with Crippen molar-refractivity contribution in [2.45, 2.75) is 6.61 Å². The molecule has 0 atom stereocenters. The van der Waals surface area contributed by atoms with Gasteiger partial charge in [0.2, 0.25) is 0 Å². The maximum absolute atomic E-state index is 13.1. The molecule has 1 aliphatic rings. The normalized spacial score (nSPS) is 15.9. The summed E-state index contributed by atoms with van der Waals surface area (Å²) in [4.78, 5) is 17.4. The van der Waals surface area contributed by atoms with E-state index < -0.39 is 0 Å². The molecule has 4 nitrogen and oxygen atoms in total. The Morgan fingerprint density at radius 3 is 2.69 bits per heavy atom. The molecule has 0 aromatic heterocycles. The highest BCUT2D eigenvalue weighted by atomic mass is 79.9. The molecular formula is C23H14BrCl2FN2O2S. The van der Waals surface area contributed by atoms with Gasteiger partial charge in [0.15, 0.2) is 5.17 Å². The van der Waals surface area contributed by atoms with Gasteiger partial charge in [-0.25, -0.2) is 9.38 Å². The van der Waals surface area contributed by atoms with E-state index in [-0.39, 0.29) is 18.3 Å². The van der Waals surface area contributed by atoms with E-state index in [1.165, 1.54) is 23.9 Å². The Balaban J connectivity index is 1.57. The van der Waals surface area contributed by atoms with Gasteiger partial charge >= 0.3 is 0 Å². The number of ether oxygens (including phenoxy) is 1.